The van der Waals surface area contributed by atoms with Gasteiger partial charge < -0.3 is 9.57 Å². The third-order valence-corrected chi connectivity index (χ3v) is 3.24. The lowest BCUT2D eigenvalue weighted by molar-refractivity contribution is -0.170. The van der Waals surface area contributed by atoms with E-state index in [4.69, 9.17) is 9.57 Å². The molecule has 0 fully saturated rings. The number of hydrogen-bond donors (Lipinski definition) is 0. The molecule has 1 aliphatic heterocycles. The predicted molar refractivity (Wildman–Crippen MR) is 64.6 cm³/mol. The van der Waals surface area contributed by atoms with Crippen LogP contribution in [0.5, 0.6) is 0 Å². The van der Waals surface area contributed by atoms with E-state index in [1.54, 1.807) is 6.92 Å². The molecule has 0 spiro atoms. The van der Waals surface area contributed by atoms with Crippen molar-refractivity contribution in [3.05, 3.63) is 12.2 Å². The van der Waals surface area contributed by atoms with Gasteiger partial charge in [-0.3, -0.25) is 0 Å². The topological polar surface area (TPSA) is 47.9 Å². The molecular weight excluding hydrogens is 218 g/mol. The van der Waals surface area contributed by atoms with E-state index in [1.807, 2.05) is 12.2 Å². The van der Waals surface area contributed by atoms with Gasteiger partial charge in [-0.1, -0.05) is 38.1 Å². The minimum absolute atomic E-state index is 0.0819. The molecular formula is C13H19NO3. The first-order valence-electron chi connectivity index (χ1n) is 6.02. The number of esters is 1. The Morgan fingerprint density at radius 2 is 2.35 bits per heavy atom. The van der Waals surface area contributed by atoms with E-state index in [2.05, 4.69) is 25.9 Å². The zero-order chi connectivity index (χ0) is 12.7. The highest BCUT2D eigenvalue weighted by Gasteiger charge is 2.58. The fourth-order valence-corrected chi connectivity index (χ4v) is 2.36. The Labute approximate surface area is 102 Å². The van der Waals surface area contributed by atoms with E-state index in [0.717, 1.165) is 5.71 Å². The fourth-order valence-electron chi connectivity index (χ4n) is 2.36. The molecule has 0 aromatic rings. The Hall–Kier alpha value is -1.32. The van der Waals surface area contributed by atoms with Crippen LogP contribution in [-0.4, -0.2) is 23.9 Å². The Morgan fingerprint density at radius 3 is 2.94 bits per heavy atom. The minimum atomic E-state index is -0.932. The summed E-state index contributed by atoms with van der Waals surface area (Å²) in [5.41, 5.74) is -0.119. The van der Waals surface area contributed by atoms with Gasteiger partial charge in [0.2, 0.25) is 5.60 Å². The smallest absolute Gasteiger partial charge is 0.354 e. The molecule has 0 saturated carbocycles. The molecule has 1 heterocycles. The molecule has 0 amide bonds. The Kier molecular flexibility index (Phi) is 2.76. The summed E-state index contributed by atoms with van der Waals surface area (Å²) in [6.45, 7) is 8.38. The first-order valence-corrected chi connectivity index (χ1v) is 6.02. The van der Waals surface area contributed by atoms with Gasteiger partial charge in [-0.15, -0.1) is 0 Å². The second-order valence-corrected chi connectivity index (χ2v) is 5.54. The van der Waals surface area contributed by atoms with Crippen LogP contribution in [0.4, 0.5) is 0 Å². The molecule has 1 aliphatic carbocycles. The summed E-state index contributed by atoms with van der Waals surface area (Å²) in [6.07, 6.45) is 4.52. The second-order valence-electron chi connectivity index (χ2n) is 5.54. The van der Waals surface area contributed by atoms with Crippen molar-refractivity contribution in [3.8, 4) is 0 Å². The number of fused-ring (bicyclic) bond motifs is 1. The average molecular weight is 237 g/mol. The predicted octanol–water partition coefficient (Wildman–Crippen LogP) is 2.30. The lowest BCUT2D eigenvalue weighted by Crippen LogP contribution is -2.46. The molecule has 0 saturated heterocycles. The summed E-state index contributed by atoms with van der Waals surface area (Å²) in [7, 11) is 0. The lowest BCUT2D eigenvalue weighted by atomic mass is 9.76. The standard InChI is InChI=1S/C13H19NO3/c1-5-16-11(15)13-8-6-7-9(13)10(14-17-13)12(2,3)4/h6-7,9H,5,8H2,1-4H3. The van der Waals surface area contributed by atoms with E-state index in [1.165, 1.54) is 0 Å². The van der Waals surface area contributed by atoms with E-state index in [0.29, 0.717) is 13.0 Å². The number of carbonyl (C=O) groups excluding carboxylic acids is 1. The Balaban J connectivity index is 2.28. The molecule has 94 valence electrons. The van der Waals surface area contributed by atoms with Crippen molar-refractivity contribution in [2.45, 2.75) is 39.7 Å². The number of oxime groups is 1. The van der Waals surface area contributed by atoms with Gasteiger partial charge in [0.25, 0.3) is 0 Å². The number of hydrogen-bond acceptors (Lipinski definition) is 4. The van der Waals surface area contributed by atoms with Crippen molar-refractivity contribution in [1.82, 2.24) is 0 Å². The first kappa shape index (κ1) is 12.1. The van der Waals surface area contributed by atoms with Crippen molar-refractivity contribution >= 4 is 11.7 Å². The summed E-state index contributed by atoms with van der Waals surface area (Å²) >= 11 is 0. The molecule has 0 aromatic heterocycles. The number of nitrogens with zero attached hydrogens (tertiary/aromatic N) is 1. The maximum absolute atomic E-state index is 12.1. The average Bonchev–Trinajstić information content (AvgIpc) is 2.72. The van der Waals surface area contributed by atoms with Gasteiger partial charge in [0, 0.05) is 11.8 Å². The zero-order valence-electron chi connectivity index (χ0n) is 10.8. The maximum atomic E-state index is 12.1. The van der Waals surface area contributed by atoms with Crippen LogP contribution in [0.25, 0.3) is 0 Å². The van der Waals surface area contributed by atoms with Crippen LogP contribution in [-0.2, 0) is 14.4 Å². The van der Waals surface area contributed by atoms with Gasteiger partial charge in [0.15, 0.2) is 0 Å². The van der Waals surface area contributed by atoms with Crippen LogP contribution >= 0.6 is 0 Å². The van der Waals surface area contributed by atoms with Gasteiger partial charge in [-0.25, -0.2) is 4.79 Å². The van der Waals surface area contributed by atoms with Crippen LogP contribution in [0.2, 0.25) is 0 Å². The van der Waals surface area contributed by atoms with E-state index < -0.39 is 5.60 Å². The van der Waals surface area contributed by atoms with Crippen LogP contribution in [0.1, 0.15) is 34.1 Å². The molecule has 4 nitrogen and oxygen atoms in total. The SMILES string of the molecule is CCOC(=O)C12CC=CC1C(C(C)(C)C)=NO2. The van der Waals surface area contributed by atoms with Crippen molar-refractivity contribution in [1.29, 1.82) is 0 Å². The van der Waals surface area contributed by atoms with Crippen molar-refractivity contribution in [2.75, 3.05) is 6.61 Å². The van der Waals surface area contributed by atoms with Gasteiger partial charge in [-0.2, -0.15) is 0 Å². The molecule has 2 unspecified atom stereocenters. The number of ether oxygens (including phenoxy) is 1. The summed E-state index contributed by atoms with van der Waals surface area (Å²) in [5.74, 6) is -0.389. The summed E-state index contributed by atoms with van der Waals surface area (Å²) in [6, 6.07) is 0. The van der Waals surface area contributed by atoms with Crippen molar-refractivity contribution in [2.24, 2.45) is 16.5 Å². The molecule has 0 bridgehead atoms. The normalized spacial score (nSPS) is 30.8. The van der Waals surface area contributed by atoms with Gasteiger partial charge >= 0.3 is 5.97 Å². The molecule has 4 heteroatoms. The number of rotatable bonds is 2. The maximum Gasteiger partial charge on any atom is 0.354 e. The second kappa shape index (κ2) is 3.86. The first-order chi connectivity index (χ1) is 7.92. The summed E-state index contributed by atoms with van der Waals surface area (Å²) < 4.78 is 5.11. The highest BCUT2D eigenvalue weighted by molar-refractivity contribution is 6.00. The van der Waals surface area contributed by atoms with Crippen molar-refractivity contribution < 1.29 is 14.4 Å². The number of carbonyl (C=O) groups is 1. The van der Waals surface area contributed by atoms with Crippen LogP contribution < -0.4 is 0 Å². The minimum Gasteiger partial charge on any atom is -0.463 e. The van der Waals surface area contributed by atoms with Crippen LogP contribution in [0.15, 0.2) is 17.3 Å². The molecule has 0 aromatic carbocycles. The fraction of sp³-hybridized carbons (Fsp3) is 0.692. The van der Waals surface area contributed by atoms with Crippen LogP contribution in [0.3, 0.4) is 0 Å². The van der Waals surface area contributed by atoms with Gasteiger partial charge in [0.05, 0.1) is 18.2 Å². The largest absolute Gasteiger partial charge is 0.463 e. The van der Waals surface area contributed by atoms with Gasteiger partial charge in [-0.05, 0) is 6.92 Å². The van der Waals surface area contributed by atoms with Crippen LogP contribution in [0, 0.1) is 11.3 Å². The Morgan fingerprint density at radius 1 is 1.65 bits per heavy atom. The quantitative estimate of drug-likeness (QED) is 0.547. The Bertz CT molecular complexity index is 392. The molecule has 17 heavy (non-hydrogen) atoms. The molecule has 2 rings (SSSR count). The zero-order valence-corrected chi connectivity index (χ0v) is 10.8. The molecule has 0 radical (unpaired) electrons. The lowest BCUT2D eigenvalue weighted by Gasteiger charge is -2.27. The van der Waals surface area contributed by atoms with Crippen molar-refractivity contribution in [3.63, 3.8) is 0 Å². The highest BCUT2D eigenvalue weighted by atomic mass is 16.7. The monoisotopic (exact) mass is 237 g/mol. The highest BCUT2D eigenvalue weighted by Crippen LogP contribution is 2.44. The van der Waals surface area contributed by atoms with Gasteiger partial charge in [0.1, 0.15) is 0 Å². The molecule has 2 atom stereocenters. The third kappa shape index (κ3) is 1.75. The summed E-state index contributed by atoms with van der Waals surface area (Å²) in [5, 5.41) is 4.13. The van der Waals surface area contributed by atoms with E-state index >= 15 is 0 Å². The molecule has 2 aliphatic rings. The molecule has 0 N–H and O–H groups in total. The summed E-state index contributed by atoms with van der Waals surface area (Å²) in [4.78, 5) is 17.5. The van der Waals surface area contributed by atoms with E-state index in [-0.39, 0.29) is 17.3 Å². The van der Waals surface area contributed by atoms with E-state index in [9.17, 15) is 4.79 Å². The third-order valence-electron chi connectivity index (χ3n) is 3.24.